The van der Waals surface area contributed by atoms with Crippen molar-refractivity contribution in [2.24, 2.45) is 46.3 Å². The molecule has 1 heterocycles. The Morgan fingerprint density at radius 3 is 2.73 bits per heavy atom. The van der Waals surface area contributed by atoms with Gasteiger partial charge >= 0.3 is 6.09 Å². The van der Waals surface area contributed by atoms with E-state index in [4.69, 9.17) is 4.74 Å². The number of carbonyl (C=O) groups excluding carboxylic acids is 1. The highest BCUT2D eigenvalue weighted by Crippen LogP contribution is 2.67. The first-order chi connectivity index (χ1) is 19.7. The molecule has 4 nitrogen and oxygen atoms in total. The second kappa shape index (κ2) is 13.7. The Morgan fingerprint density at radius 1 is 1.10 bits per heavy atom. The largest absolute Gasteiger partial charge is 0.446 e. The van der Waals surface area contributed by atoms with E-state index in [9.17, 15) is 4.79 Å². The molecule has 6 heteroatoms. The van der Waals surface area contributed by atoms with Crippen LogP contribution in [0.2, 0.25) is 0 Å². The van der Waals surface area contributed by atoms with Crippen molar-refractivity contribution in [3.8, 4) is 0 Å². The fraction of sp³-hybridized carbons (Fsp3) is 0.771. The third-order valence-electron chi connectivity index (χ3n) is 11.8. The Labute approximate surface area is 257 Å². The summed E-state index contributed by atoms with van der Waals surface area (Å²) in [4.78, 5) is 16.9. The van der Waals surface area contributed by atoms with Crippen molar-refractivity contribution in [3.05, 3.63) is 36.0 Å². The fourth-order valence-corrected chi connectivity index (χ4v) is 11.4. The lowest BCUT2D eigenvalue weighted by atomic mass is 9.47. The molecule has 228 valence electrons. The van der Waals surface area contributed by atoms with Gasteiger partial charge in [0.15, 0.2) is 0 Å². The summed E-state index contributed by atoms with van der Waals surface area (Å²) in [5.74, 6) is 5.97. The van der Waals surface area contributed by atoms with Crippen molar-refractivity contribution in [1.82, 2.24) is 10.3 Å². The van der Waals surface area contributed by atoms with Gasteiger partial charge in [0, 0.05) is 24.9 Å². The number of aromatic nitrogens is 1. The number of nitrogens with one attached hydrogen (secondary N) is 1. The zero-order chi connectivity index (χ0) is 29.0. The van der Waals surface area contributed by atoms with Gasteiger partial charge in [0.1, 0.15) is 11.1 Å². The normalized spacial score (nSPS) is 35.2. The highest BCUT2D eigenvalue weighted by molar-refractivity contribution is 8.76. The number of amides is 1. The summed E-state index contributed by atoms with van der Waals surface area (Å²) in [5.41, 5.74) is 2.42. The second-order valence-electron chi connectivity index (χ2n) is 14.6. The van der Waals surface area contributed by atoms with E-state index < -0.39 is 0 Å². The van der Waals surface area contributed by atoms with E-state index in [1.54, 1.807) is 27.2 Å². The molecule has 3 saturated carbocycles. The van der Waals surface area contributed by atoms with Crippen LogP contribution in [-0.4, -0.2) is 29.5 Å². The first-order valence-corrected chi connectivity index (χ1v) is 18.9. The number of nitrogens with zero attached hydrogens (tertiary/aromatic N) is 1. The van der Waals surface area contributed by atoms with Crippen LogP contribution >= 0.6 is 21.6 Å². The molecule has 0 spiro atoms. The third-order valence-corrected chi connectivity index (χ3v) is 14.0. The highest BCUT2D eigenvalue weighted by Gasteiger charge is 2.59. The molecule has 4 aliphatic carbocycles. The zero-order valence-corrected chi connectivity index (χ0v) is 27.8. The van der Waals surface area contributed by atoms with Gasteiger partial charge < -0.3 is 10.1 Å². The molecule has 8 atom stereocenters. The van der Waals surface area contributed by atoms with Crippen molar-refractivity contribution in [2.75, 3.05) is 12.3 Å². The van der Waals surface area contributed by atoms with Crippen molar-refractivity contribution in [3.63, 3.8) is 0 Å². The number of ether oxygens (including phenoxy) is 1. The quantitative estimate of drug-likeness (QED) is 0.156. The van der Waals surface area contributed by atoms with Crippen LogP contribution in [0.25, 0.3) is 0 Å². The van der Waals surface area contributed by atoms with E-state index >= 15 is 0 Å². The lowest BCUT2D eigenvalue weighted by Gasteiger charge is -2.58. The van der Waals surface area contributed by atoms with Crippen LogP contribution in [0.1, 0.15) is 105 Å². The minimum Gasteiger partial charge on any atom is -0.446 e. The van der Waals surface area contributed by atoms with Crippen molar-refractivity contribution >= 4 is 27.7 Å². The Morgan fingerprint density at radius 2 is 1.95 bits per heavy atom. The number of hydrogen-bond donors (Lipinski definition) is 1. The van der Waals surface area contributed by atoms with Crippen LogP contribution in [0.15, 0.2) is 41.1 Å². The molecule has 3 fully saturated rings. The van der Waals surface area contributed by atoms with E-state index in [-0.39, 0.29) is 12.2 Å². The van der Waals surface area contributed by atoms with Gasteiger partial charge in [-0.3, -0.25) is 0 Å². The maximum atomic E-state index is 12.6. The van der Waals surface area contributed by atoms with Gasteiger partial charge in [0.25, 0.3) is 0 Å². The number of rotatable bonds is 11. The van der Waals surface area contributed by atoms with Crippen LogP contribution in [-0.2, 0) is 4.74 Å². The van der Waals surface area contributed by atoms with Crippen molar-refractivity contribution < 1.29 is 9.53 Å². The predicted octanol–water partition coefficient (Wildman–Crippen LogP) is 9.96. The molecule has 4 aliphatic rings. The highest BCUT2D eigenvalue weighted by atomic mass is 33.1. The van der Waals surface area contributed by atoms with E-state index in [0.717, 1.165) is 65.5 Å². The summed E-state index contributed by atoms with van der Waals surface area (Å²) in [6.45, 7) is 13.2. The third kappa shape index (κ3) is 7.00. The Balaban J connectivity index is 1.11. The summed E-state index contributed by atoms with van der Waals surface area (Å²) in [7, 11) is 3.35. The summed E-state index contributed by atoms with van der Waals surface area (Å²) < 4.78 is 5.94. The average Bonchev–Trinajstić information content (AvgIpc) is 3.31. The van der Waals surface area contributed by atoms with E-state index in [1.165, 1.54) is 51.4 Å². The van der Waals surface area contributed by atoms with E-state index in [2.05, 4.69) is 51.0 Å². The maximum Gasteiger partial charge on any atom is 0.407 e. The Kier molecular flexibility index (Phi) is 10.4. The van der Waals surface area contributed by atoms with Gasteiger partial charge in [0.05, 0.1) is 0 Å². The van der Waals surface area contributed by atoms with Crippen LogP contribution in [0.5, 0.6) is 0 Å². The maximum absolute atomic E-state index is 12.6. The molecule has 2 unspecified atom stereocenters. The Bertz CT molecular complexity index is 1050. The molecular weight excluding hydrogens is 545 g/mol. The minimum absolute atomic E-state index is 0.0119. The monoisotopic (exact) mass is 598 g/mol. The molecule has 1 aromatic rings. The smallest absolute Gasteiger partial charge is 0.407 e. The van der Waals surface area contributed by atoms with E-state index in [0.29, 0.717) is 17.4 Å². The van der Waals surface area contributed by atoms with Gasteiger partial charge in [-0.15, -0.1) is 0 Å². The van der Waals surface area contributed by atoms with Crippen molar-refractivity contribution in [2.45, 2.75) is 116 Å². The predicted molar refractivity (Wildman–Crippen MR) is 174 cm³/mol. The topological polar surface area (TPSA) is 51.2 Å². The molecule has 1 amide bonds. The second-order valence-corrected chi connectivity index (χ2v) is 17.0. The van der Waals surface area contributed by atoms with Crippen LogP contribution in [0.3, 0.4) is 0 Å². The molecule has 0 saturated heterocycles. The van der Waals surface area contributed by atoms with Gasteiger partial charge in [0.2, 0.25) is 0 Å². The molecule has 0 aromatic carbocycles. The number of carbonyl (C=O) groups is 1. The summed E-state index contributed by atoms with van der Waals surface area (Å²) in [6, 6.07) is 5.92. The average molecular weight is 599 g/mol. The molecule has 41 heavy (non-hydrogen) atoms. The Hall–Kier alpha value is -1.14. The van der Waals surface area contributed by atoms with E-state index in [1.807, 2.05) is 24.4 Å². The van der Waals surface area contributed by atoms with Gasteiger partial charge in [-0.2, -0.15) is 0 Å². The lowest BCUT2D eigenvalue weighted by molar-refractivity contribution is -0.0581. The zero-order valence-electron chi connectivity index (χ0n) is 26.2. The first kappa shape index (κ1) is 31.3. The van der Waals surface area contributed by atoms with Gasteiger partial charge in [-0.25, -0.2) is 9.78 Å². The molecule has 1 aromatic heterocycles. The fourth-order valence-electron chi connectivity index (χ4n) is 9.64. The number of fused-ring (bicyclic) bond motifs is 5. The number of pyridine rings is 1. The number of allylic oxidation sites excluding steroid dienone is 1. The van der Waals surface area contributed by atoms with Crippen LogP contribution in [0.4, 0.5) is 4.79 Å². The van der Waals surface area contributed by atoms with Gasteiger partial charge in [-0.1, -0.05) is 82.4 Å². The van der Waals surface area contributed by atoms with Crippen LogP contribution in [0, 0.1) is 46.3 Å². The summed E-state index contributed by atoms with van der Waals surface area (Å²) in [6.07, 6.45) is 18.4. The molecule has 1 N–H and O–H groups in total. The summed E-state index contributed by atoms with van der Waals surface area (Å²) in [5, 5.41) is 3.96. The molecule has 0 aliphatic heterocycles. The molecule has 0 radical (unpaired) electrons. The summed E-state index contributed by atoms with van der Waals surface area (Å²) >= 11 is 0. The minimum atomic E-state index is -0.260. The molecule has 0 bridgehead atoms. The molecule has 5 rings (SSSR count). The lowest BCUT2D eigenvalue weighted by Crippen LogP contribution is -2.51. The first-order valence-electron chi connectivity index (χ1n) is 16.5. The van der Waals surface area contributed by atoms with Gasteiger partial charge in [-0.05, 0) is 114 Å². The number of alkyl carbamates (subject to hydrolysis) is 1. The van der Waals surface area contributed by atoms with Crippen molar-refractivity contribution in [1.29, 1.82) is 0 Å². The number of hydrogen-bond acceptors (Lipinski definition) is 5. The standard InChI is InChI=1S/C35H54N2O2S2/c1-24(2)9-8-10-25(3)29-14-15-30-28-13-12-26-23-27(16-18-34(26,4)31(28)17-19-35(29,30)5)39-33(38)37-21-22-40-41-32-11-6-7-20-36-32/h6-7,11-12,20,24-25,27-31H,8-10,13-19,21-23H2,1-5H3,(H,37,38)/t25-,27+,28+,29-,30?,31?,34+,35-/m1/s1. The van der Waals surface area contributed by atoms with Crippen LogP contribution < -0.4 is 5.32 Å². The SMILES string of the molecule is CC(C)CCC[C@@H](C)[C@H]1CCC2[C@@H]3CC=C4C[C@@H](OC(=O)NCCSSc5ccccn5)CC[C@]4(C)C3CC[C@@]21C. The molecular formula is C35H54N2O2S2.